The number of para-hydroxylation sites is 4. The molecule has 58 heavy (non-hydrogen) atoms. The van der Waals surface area contributed by atoms with Gasteiger partial charge in [0.1, 0.15) is 0 Å². The number of hydrogen-bond donors (Lipinski definition) is 0. The van der Waals surface area contributed by atoms with E-state index in [0.717, 1.165) is 28.4 Å². The van der Waals surface area contributed by atoms with E-state index in [1.54, 1.807) is 0 Å². The van der Waals surface area contributed by atoms with Gasteiger partial charge >= 0.3 is 0 Å². The van der Waals surface area contributed by atoms with E-state index in [0.29, 0.717) is 0 Å². The maximum atomic E-state index is 2.48. The molecule has 0 saturated carbocycles. The van der Waals surface area contributed by atoms with Crippen LogP contribution in [0.3, 0.4) is 0 Å². The van der Waals surface area contributed by atoms with Crippen molar-refractivity contribution in [3.63, 3.8) is 0 Å². The van der Waals surface area contributed by atoms with Crippen LogP contribution < -0.4 is 4.90 Å². The number of hydrogen-bond acceptors (Lipinski definition) is 2. The number of benzene rings is 9. The lowest BCUT2D eigenvalue weighted by Crippen LogP contribution is -2.09. The van der Waals surface area contributed by atoms with Crippen LogP contribution in [0.2, 0.25) is 0 Å². The van der Waals surface area contributed by atoms with Crippen molar-refractivity contribution >= 4 is 92.2 Å². The van der Waals surface area contributed by atoms with Gasteiger partial charge in [-0.15, -0.1) is 11.3 Å². The average molecular weight is 758 g/mol. The first kappa shape index (κ1) is 32.8. The molecule has 272 valence electrons. The second-order valence-corrected chi connectivity index (χ2v) is 16.0. The van der Waals surface area contributed by atoms with Crippen LogP contribution in [0.4, 0.5) is 17.1 Å². The molecule has 0 amide bonds. The molecule has 3 nitrogen and oxygen atoms in total. The zero-order chi connectivity index (χ0) is 38.2. The van der Waals surface area contributed by atoms with Gasteiger partial charge in [0.05, 0.1) is 22.1 Å². The lowest BCUT2D eigenvalue weighted by molar-refractivity contribution is 1.15. The number of anilines is 3. The third kappa shape index (κ3) is 4.99. The standard InChI is InChI=1S/C54H35N3S/c1-4-15-37(16-5-1)55(38-17-6-2-7-18-38)41-31-34-50-48(35-41)46-33-32-45-43-21-10-12-25-49(43)57(52(45)53(46)56(50)39-19-8-3-9-20-39)40-29-27-36(28-30-40)42-23-14-24-47-44-22-11-13-26-51(44)58-54(42)47/h1-35H. The Hall–Kier alpha value is -7.40. The fraction of sp³-hybridized carbons (Fsp3) is 0. The Morgan fingerprint density at radius 1 is 0.345 bits per heavy atom. The minimum Gasteiger partial charge on any atom is -0.310 e. The van der Waals surface area contributed by atoms with Crippen molar-refractivity contribution in [3.8, 4) is 22.5 Å². The molecule has 3 heterocycles. The highest BCUT2D eigenvalue weighted by molar-refractivity contribution is 7.26. The molecular formula is C54H35N3S. The summed E-state index contributed by atoms with van der Waals surface area (Å²) in [5.41, 5.74) is 12.9. The fourth-order valence-electron chi connectivity index (χ4n) is 9.16. The van der Waals surface area contributed by atoms with Crippen molar-refractivity contribution in [3.05, 3.63) is 212 Å². The first-order chi connectivity index (χ1) is 28.8. The van der Waals surface area contributed by atoms with Crippen LogP contribution in [0.25, 0.3) is 86.3 Å². The first-order valence-corrected chi connectivity index (χ1v) is 20.6. The van der Waals surface area contributed by atoms with Crippen LogP contribution in [-0.2, 0) is 0 Å². The Bertz CT molecular complexity index is 3450. The number of rotatable bonds is 6. The van der Waals surface area contributed by atoms with Crippen molar-refractivity contribution in [1.82, 2.24) is 9.13 Å². The average Bonchev–Trinajstić information content (AvgIpc) is 3.95. The lowest BCUT2D eigenvalue weighted by Gasteiger charge is -2.25. The minimum atomic E-state index is 1.11. The van der Waals surface area contributed by atoms with Crippen molar-refractivity contribution in [2.24, 2.45) is 0 Å². The Morgan fingerprint density at radius 3 is 1.60 bits per heavy atom. The van der Waals surface area contributed by atoms with Gasteiger partial charge in [0.15, 0.2) is 0 Å². The van der Waals surface area contributed by atoms with Gasteiger partial charge in [-0.1, -0.05) is 133 Å². The zero-order valence-corrected chi connectivity index (χ0v) is 32.3. The summed E-state index contributed by atoms with van der Waals surface area (Å²) in [6.45, 7) is 0. The summed E-state index contributed by atoms with van der Waals surface area (Å²) in [6.07, 6.45) is 0. The summed E-state index contributed by atoms with van der Waals surface area (Å²) in [5, 5.41) is 7.54. The monoisotopic (exact) mass is 757 g/mol. The van der Waals surface area contributed by atoms with Gasteiger partial charge in [-0.25, -0.2) is 0 Å². The highest BCUT2D eigenvalue weighted by atomic mass is 32.1. The number of fused-ring (bicyclic) bond motifs is 10. The summed E-state index contributed by atoms with van der Waals surface area (Å²) in [6, 6.07) is 77.3. The van der Waals surface area contributed by atoms with Crippen molar-refractivity contribution in [2.75, 3.05) is 4.90 Å². The van der Waals surface area contributed by atoms with Crippen LogP contribution in [0.1, 0.15) is 0 Å². The minimum absolute atomic E-state index is 1.11. The summed E-state index contributed by atoms with van der Waals surface area (Å²) in [5.74, 6) is 0. The molecule has 0 radical (unpaired) electrons. The Labute approximate surface area is 339 Å². The normalized spacial score (nSPS) is 11.8. The SMILES string of the molecule is c1ccc(N(c2ccccc2)c2ccc3c(c2)c2ccc4c5ccccc5n(-c5ccc(-c6cccc7c6sc6ccccc67)cc5)c4c2n3-c2ccccc2)cc1. The predicted molar refractivity (Wildman–Crippen MR) is 248 cm³/mol. The molecule has 12 rings (SSSR count). The molecule has 0 aliphatic heterocycles. The summed E-state index contributed by atoms with van der Waals surface area (Å²) in [7, 11) is 0. The molecule has 0 bridgehead atoms. The number of thiophene rings is 1. The highest BCUT2D eigenvalue weighted by Crippen LogP contribution is 2.45. The van der Waals surface area contributed by atoms with Crippen LogP contribution in [-0.4, -0.2) is 9.13 Å². The van der Waals surface area contributed by atoms with Crippen LogP contribution >= 0.6 is 11.3 Å². The largest absolute Gasteiger partial charge is 0.310 e. The van der Waals surface area contributed by atoms with Gasteiger partial charge in [0.25, 0.3) is 0 Å². The second-order valence-electron chi connectivity index (χ2n) is 14.9. The molecule has 4 heteroatoms. The molecule has 9 aromatic carbocycles. The first-order valence-electron chi connectivity index (χ1n) is 19.8. The van der Waals surface area contributed by atoms with Gasteiger partial charge in [-0.05, 0) is 90.0 Å². The fourth-order valence-corrected chi connectivity index (χ4v) is 10.4. The molecule has 0 N–H and O–H groups in total. The lowest BCUT2D eigenvalue weighted by atomic mass is 10.0. The molecule has 0 spiro atoms. The molecule has 12 aromatic rings. The van der Waals surface area contributed by atoms with Gasteiger partial charge in [0.2, 0.25) is 0 Å². The smallest absolute Gasteiger partial charge is 0.0788 e. The van der Waals surface area contributed by atoms with Gasteiger partial charge in [-0.2, -0.15) is 0 Å². The molecule has 0 unspecified atom stereocenters. The zero-order valence-electron chi connectivity index (χ0n) is 31.5. The molecule has 0 saturated heterocycles. The number of nitrogens with zero attached hydrogens (tertiary/aromatic N) is 3. The third-order valence-corrected chi connectivity index (χ3v) is 12.9. The van der Waals surface area contributed by atoms with Crippen molar-refractivity contribution < 1.29 is 0 Å². The van der Waals surface area contributed by atoms with Crippen molar-refractivity contribution in [2.45, 2.75) is 0 Å². The van der Waals surface area contributed by atoms with E-state index in [1.807, 2.05) is 11.3 Å². The molecule has 3 aromatic heterocycles. The van der Waals surface area contributed by atoms with E-state index in [-0.39, 0.29) is 0 Å². The molecule has 0 atom stereocenters. The van der Waals surface area contributed by atoms with E-state index in [9.17, 15) is 0 Å². The highest BCUT2D eigenvalue weighted by Gasteiger charge is 2.23. The predicted octanol–water partition coefficient (Wildman–Crippen LogP) is 15.4. The molecular weight excluding hydrogens is 723 g/mol. The Kier molecular flexibility index (Phi) is 7.40. The van der Waals surface area contributed by atoms with Crippen molar-refractivity contribution in [1.29, 1.82) is 0 Å². The third-order valence-electron chi connectivity index (χ3n) is 11.7. The second kappa shape index (κ2) is 13.1. The topological polar surface area (TPSA) is 13.1 Å². The Balaban J connectivity index is 1.12. The number of aromatic nitrogens is 2. The summed E-state index contributed by atoms with van der Waals surface area (Å²) >= 11 is 1.88. The quantitative estimate of drug-likeness (QED) is 0.165. The van der Waals surface area contributed by atoms with Gasteiger partial charge in [0, 0.05) is 70.2 Å². The van der Waals surface area contributed by atoms with E-state index in [1.165, 1.54) is 74.9 Å². The van der Waals surface area contributed by atoms with Crippen LogP contribution in [0.5, 0.6) is 0 Å². The maximum Gasteiger partial charge on any atom is 0.0788 e. The molecule has 0 fully saturated rings. The van der Waals surface area contributed by atoms with Crippen LogP contribution in [0.15, 0.2) is 212 Å². The summed E-state index contributed by atoms with van der Waals surface area (Å²) < 4.78 is 7.61. The van der Waals surface area contributed by atoms with E-state index < -0.39 is 0 Å². The van der Waals surface area contributed by atoms with Gasteiger partial charge in [-0.3, -0.25) is 0 Å². The van der Waals surface area contributed by atoms with E-state index in [2.05, 4.69) is 226 Å². The molecule has 0 aliphatic rings. The summed E-state index contributed by atoms with van der Waals surface area (Å²) in [4.78, 5) is 2.35. The Morgan fingerprint density at radius 2 is 0.897 bits per heavy atom. The maximum absolute atomic E-state index is 2.48. The van der Waals surface area contributed by atoms with Gasteiger partial charge < -0.3 is 14.0 Å². The molecule has 0 aliphatic carbocycles. The van der Waals surface area contributed by atoms with Crippen LogP contribution in [0, 0.1) is 0 Å². The van der Waals surface area contributed by atoms with E-state index >= 15 is 0 Å². The van der Waals surface area contributed by atoms with E-state index in [4.69, 9.17) is 0 Å².